The van der Waals surface area contributed by atoms with Gasteiger partial charge in [0, 0.05) is 12.1 Å². The van der Waals surface area contributed by atoms with Crippen LogP contribution in [-0.4, -0.2) is 17.0 Å². The van der Waals surface area contributed by atoms with Crippen LogP contribution in [0.1, 0.15) is 28.7 Å². The van der Waals surface area contributed by atoms with Gasteiger partial charge in [-0.3, -0.25) is 9.59 Å². The van der Waals surface area contributed by atoms with Crippen molar-refractivity contribution in [1.29, 1.82) is 0 Å². The molecule has 0 heterocycles. The minimum atomic E-state index is -0.915. The van der Waals surface area contributed by atoms with Crippen LogP contribution in [0.5, 0.6) is 0 Å². The Hall–Kier alpha value is -2.62. The first-order valence-electron chi connectivity index (χ1n) is 7.61. The van der Waals surface area contributed by atoms with Gasteiger partial charge >= 0.3 is 5.97 Å². The van der Waals surface area contributed by atoms with Gasteiger partial charge in [0.15, 0.2) is 0 Å². The van der Waals surface area contributed by atoms with Gasteiger partial charge < -0.3 is 10.4 Å². The minimum absolute atomic E-state index is 0.104. The lowest BCUT2D eigenvalue weighted by molar-refractivity contribution is -0.136. The number of nitrogens with one attached hydrogen (secondary N) is 1. The van der Waals surface area contributed by atoms with E-state index >= 15 is 0 Å². The van der Waals surface area contributed by atoms with Crippen molar-refractivity contribution in [2.45, 2.75) is 33.1 Å². The zero-order valence-corrected chi connectivity index (χ0v) is 13.4. The number of hydrogen-bond donors (Lipinski definition) is 2. The van der Waals surface area contributed by atoms with Crippen LogP contribution in [0, 0.1) is 13.8 Å². The number of amides is 1. The lowest BCUT2D eigenvalue weighted by atomic mass is 10.0. The van der Waals surface area contributed by atoms with Gasteiger partial charge in [-0.25, -0.2) is 0 Å². The molecule has 0 aliphatic rings. The van der Waals surface area contributed by atoms with E-state index in [0.717, 1.165) is 5.56 Å². The zero-order valence-electron chi connectivity index (χ0n) is 13.4. The van der Waals surface area contributed by atoms with Crippen molar-refractivity contribution in [3.63, 3.8) is 0 Å². The van der Waals surface area contributed by atoms with E-state index in [0.29, 0.717) is 24.1 Å². The molecule has 0 saturated carbocycles. The molecule has 0 aliphatic heterocycles. The molecule has 1 amide bonds. The van der Waals surface area contributed by atoms with Gasteiger partial charge in [-0.05, 0) is 43.0 Å². The highest BCUT2D eigenvalue weighted by molar-refractivity contribution is 5.92. The SMILES string of the molecule is Cc1ccc(CCC(=O)Nc2ccccc2CC(=O)O)c(C)c1. The molecule has 0 bridgehead atoms. The van der Waals surface area contributed by atoms with Crippen LogP contribution in [0.25, 0.3) is 0 Å². The van der Waals surface area contributed by atoms with Gasteiger partial charge in [0.25, 0.3) is 0 Å². The van der Waals surface area contributed by atoms with Gasteiger partial charge in [-0.1, -0.05) is 42.0 Å². The molecule has 4 heteroatoms. The summed E-state index contributed by atoms with van der Waals surface area (Å²) < 4.78 is 0. The Bertz CT molecular complexity index is 722. The number of para-hydroxylation sites is 1. The maximum Gasteiger partial charge on any atom is 0.307 e. The van der Waals surface area contributed by atoms with Crippen LogP contribution in [0.3, 0.4) is 0 Å². The van der Waals surface area contributed by atoms with Crippen molar-refractivity contribution in [1.82, 2.24) is 0 Å². The smallest absolute Gasteiger partial charge is 0.307 e. The van der Waals surface area contributed by atoms with E-state index in [4.69, 9.17) is 5.11 Å². The van der Waals surface area contributed by atoms with Crippen molar-refractivity contribution in [3.8, 4) is 0 Å². The molecule has 2 N–H and O–H groups in total. The van der Waals surface area contributed by atoms with E-state index < -0.39 is 5.97 Å². The summed E-state index contributed by atoms with van der Waals surface area (Å²) >= 11 is 0. The first kappa shape index (κ1) is 16.7. The molecule has 0 saturated heterocycles. The molecule has 2 aromatic rings. The van der Waals surface area contributed by atoms with Crippen LogP contribution in [0.2, 0.25) is 0 Å². The summed E-state index contributed by atoms with van der Waals surface area (Å²) in [5, 5.41) is 11.7. The van der Waals surface area contributed by atoms with Crippen LogP contribution in [-0.2, 0) is 22.4 Å². The Labute approximate surface area is 136 Å². The van der Waals surface area contributed by atoms with E-state index in [1.165, 1.54) is 11.1 Å². The van der Waals surface area contributed by atoms with Crippen molar-refractivity contribution in [3.05, 3.63) is 64.7 Å². The summed E-state index contributed by atoms with van der Waals surface area (Å²) in [4.78, 5) is 23.0. The van der Waals surface area contributed by atoms with Crippen LogP contribution in [0.4, 0.5) is 5.69 Å². The second kappa shape index (κ2) is 7.58. The van der Waals surface area contributed by atoms with Crippen molar-refractivity contribution >= 4 is 17.6 Å². The van der Waals surface area contributed by atoms with Gasteiger partial charge in [0.1, 0.15) is 0 Å². The lowest BCUT2D eigenvalue weighted by Gasteiger charge is -2.10. The predicted molar refractivity (Wildman–Crippen MR) is 90.6 cm³/mol. The summed E-state index contributed by atoms with van der Waals surface area (Å²) in [6, 6.07) is 13.2. The molecule has 2 rings (SSSR count). The molecule has 0 unspecified atom stereocenters. The van der Waals surface area contributed by atoms with E-state index in [-0.39, 0.29) is 12.3 Å². The third-order valence-corrected chi connectivity index (χ3v) is 3.75. The summed E-state index contributed by atoms with van der Waals surface area (Å²) in [5.74, 6) is -1.02. The Morgan fingerprint density at radius 3 is 2.48 bits per heavy atom. The van der Waals surface area contributed by atoms with E-state index in [9.17, 15) is 9.59 Å². The standard InChI is InChI=1S/C19H21NO3/c1-13-7-8-15(14(2)11-13)9-10-18(21)20-17-6-4-3-5-16(17)12-19(22)23/h3-8,11H,9-10,12H2,1-2H3,(H,20,21)(H,22,23). The fourth-order valence-corrected chi connectivity index (χ4v) is 2.55. The zero-order chi connectivity index (χ0) is 16.8. The first-order valence-corrected chi connectivity index (χ1v) is 7.61. The average Bonchev–Trinajstić information content (AvgIpc) is 2.48. The number of rotatable bonds is 6. The number of benzene rings is 2. The quantitative estimate of drug-likeness (QED) is 0.858. The third kappa shape index (κ3) is 4.95. The molecular formula is C19H21NO3. The van der Waals surface area contributed by atoms with Crippen LogP contribution >= 0.6 is 0 Å². The molecule has 0 atom stereocenters. The maximum atomic E-state index is 12.1. The molecule has 4 nitrogen and oxygen atoms in total. The fourth-order valence-electron chi connectivity index (χ4n) is 2.55. The molecule has 0 aromatic heterocycles. The summed E-state index contributed by atoms with van der Waals surface area (Å²) in [5.41, 5.74) is 4.73. The van der Waals surface area contributed by atoms with Crippen molar-refractivity contribution in [2.24, 2.45) is 0 Å². The van der Waals surface area contributed by atoms with Gasteiger partial charge in [0.2, 0.25) is 5.91 Å². The van der Waals surface area contributed by atoms with Crippen LogP contribution in [0.15, 0.2) is 42.5 Å². The second-order valence-electron chi connectivity index (χ2n) is 5.71. The number of hydrogen-bond acceptors (Lipinski definition) is 2. The average molecular weight is 311 g/mol. The molecule has 23 heavy (non-hydrogen) atoms. The largest absolute Gasteiger partial charge is 0.481 e. The number of aliphatic carboxylic acids is 1. The highest BCUT2D eigenvalue weighted by Gasteiger charge is 2.10. The van der Waals surface area contributed by atoms with Gasteiger partial charge in [0.05, 0.1) is 6.42 Å². The Morgan fingerprint density at radius 1 is 1.04 bits per heavy atom. The Balaban J connectivity index is 1.98. The van der Waals surface area contributed by atoms with Crippen molar-refractivity contribution < 1.29 is 14.7 Å². The van der Waals surface area contributed by atoms with E-state index in [1.54, 1.807) is 24.3 Å². The van der Waals surface area contributed by atoms with E-state index in [2.05, 4.69) is 17.4 Å². The van der Waals surface area contributed by atoms with Gasteiger partial charge in [-0.15, -0.1) is 0 Å². The number of carboxylic acid groups (broad SMARTS) is 1. The molecule has 2 aromatic carbocycles. The topological polar surface area (TPSA) is 66.4 Å². The number of carbonyl (C=O) groups is 2. The molecule has 0 radical (unpaired) electrons. The molecule has 0 fully saturated rings. The van der Waals surface area contributed by atoms with Crippen LogP contribution < -0.4 is 5.32 Å². The highest BCUT2D eigenvalue weighted by Crippen LogP contribution is 2.17. The summed E-state index contributed by atoms with van der Waals surface area (Å²) in [7, 11) is 0. The fraction of sp³-hybridized carbons (Fsp3) is 0.263. The first-order chi connectivity index (χ1) is 11.0. The Kier molecular flexibility index (Phi) is 5.52. The third-order valence-electron chi connectivity index (χ3n) is 3.75. The highest BCUT2D eigenvalue weighted by atomic mass is 16.4. The molecular weight excluding hydrogens is 290 g/mol. The predicted octanol–water partition coefficient (Wildman–Crippen LogP) is 3.50. The molecule has 120 valence electrons. The summed E-state index contributed by atoms with van der Waals surface area (Å²) in [6.07, 6.45) is 0.928. The number of carbonyl (C=O) groups excluding carboxylic acids is 1. The molecule has 0 spiro atoms. The number of aryl methyl sites for hydroxylation is 3. The lowest BCUT2D eigenvalue weighted by Crippen LogP contribution is -2.15. The summed E-state index contributed by atoms with van der Waals surface area (Å²) in [6.45, 7) is 4.09. The normalized spacial score (nSPS) is 10.3. The number of anilines is 1. The number of carboxylic acids is 1. The monoisotopic (exact) mass is 311 g/mol. The van der Waals surface area contributed by atoms with Crippen molar-refractivity contribution in [2.75, 3.05) is 5.32 Å². The minimum Gasteiger partial charge on any atom is -0.481 e. The second-order valence-corrected chi connectivity index (χ2v) is 5.71. The Morgan fingerprint density at radius 2 is 1.78 bits per heavy atom. The maximum absolute atomic E-state index is 12.1. The van der Waals surface area contributed by atoms with Gasteiger partial charge in [-0.2, -0.15) is 0 Å². The van der Waals surface area contributed by atoms with E-state index in [1.807, 2.05) is 19.9 Å². The molecule has 0 aliphatic carbocycles.